The third-order valence-corrected chi connectivity index (χ3v) is 7.64. The van der Waals surface area contributed by atoms with Crippen molar-refractivity contribution in [3.05, 3.63) is 71.8 Å². The Morgan fingerprint density at radius 1 is 1.03 bits per heavy atom. The summed E-state index contributed by atoms with van der Waals surface area (Å²) >= 11 is 0. The fraction of sp³-hybridized carbons (Fsp3) is 0.448. The quantitative estimate of drug-likeness (QED) is 0.418. The first-order valence-electron chi connectivity index (χ1n) is 12.6. The number of hydrogen-bond donors (Lipinski definition) is 1. The summed E-state index contributed by atoms with van der Waals surface area (Å²) in [5.74, 6) is 0.832. The van der Waals surface area contributed by atoms with Gasteiger partial charge in [0.2, 0.25) is 5.91 Å². The van der Waals surface area contributed by atoms with Crippen LogP contribution in [0.4, 0.5) is 5.69 Å². The van der Waals surface area contributed by atoms with E-state index in [0.717, 1.165) is 50.7 Å². The monoisotopic (exact) mass is 492 g/mol. The molecule has 36 heavy (non-hydrogen) atoms. The van der Waals surface area contributed by atoms with Gasteiger partial charge in [0.05, 0.1) is 14.2 Å². The lowest BCUT2D eigenvalue weighted by molar-refractivity contribution is -0.168. The molecule has 2 aromatic carbocycles. The Morgan fingerprint density at radius 3 is 2.39 bits per heavy atom. The van der Waals surface area contributed by atoms with E-state index in [1.807, 2.05) is 37.4 Å². The standard InChI is InChI=1S/C29H36N2O5/c1-34-26-9-5-6-22(18-26)29(36-3)23-7-4-8-24(29)20-31(19-23)17-16-21-10-12-25(13-11-21)30-27(32)14-15-28(33)35-2/h5-6,9-15,18,23-24H,4,7-8,16-17,19-20H2,1-3H3,(H,30,32). The van der Waals surface area contributed by atoms with Crippen molar-refractivity contribution in [1.82, 2.24) is 4.90 Å². The van der Waals surface area contributed by atoms with Gasteiger partial charge in [-0.05, 0) is 54.7 Å². The van der Waals surface area contributed by atoms with Gasteiger partial charge < -0.3 is 24.4 Å². The van der Waals surface area contributed by atoms with Crippen molar-refractivity contribution in [2.75, 3.05) is 46.3 Å². The fourth-order valence-electron chi connectivity index (χ4n) is 5.93. The van der Waals surface area contributed by atoms with Crippen LogP contribution in [-0.2, 0) is 31.1 Å². The van der Waals surface area contributed by atoms with Crippen molar-refractivity contribution < 1.29 is 23.8 Å². The van der Waals surface area contributed by atoms with E-state index in [0.29, 0.717) is 17.5 Å². The summed E-state index contributed by atoms with van der Waals surface area (Å²) in [6.45, 7) is 3.02. The van der Waals surface area contributed by atoms with Gasteiger partial charge in [0.1, 0.15) is 11.4 Å². The molecule has 2 atom stereocenters. The number of fused-ring (bicyclic) bond motifs is 2. The number of likely N-dealkylation sites (tertiary alicyclic amines) is 1. The lowest BCUT2D eigenvalue weighted by atomic mass is 9.62. The molecule has 2 aliphatic rings. The number of nitrogens with one attached hydrogen (secondary N) is 1. The second-order valence-electron chi connectivity index (χ2n) is 9.61. The highest BCUT2D eigenvalue weighted by Gasteiger charge is 2.53. The van der Waals surface area contributed by atoms with E-state index in [2.05, 4.69) is 33.2 Å². The van der Waals surface area contributed by atoms with Crippen LogP contribution in [0.1, 0.15) is 30.4 Å². The van der Waals surface area contributed by atoms with Gasteiger partial charge in [-0.2, -0.15) is 0 Å². The van der Waals surface area contributed by atoms with Gasteiger partial charge in [-0.1, -0.05) is 30.7 Å². The highest BCUT2D eigenvalue weighted by atomic mass is 16.5. The zero-order valence-corrected chi connectivity index (χ0v) is 21.4. The minimum absolute atomic E-state index is 0.258. The average molecular weight is 493 g/mol. The third kappa shape index (κ3) is 5.63. The average Bonchev–Trinajstić information content (AvgIpc) is 2.90. The molecular formula is C29H36N2O5. The largest absolute Gasteiger partial charge is 0.497 e. The number of ether oxygens (including phenoxy) is 3. The minimum atomic E-state index is -0.561. The fourth-order valence-corrected chi connectivity index (χ4v) is 5.93. The Hall–Kier alpha value is -3.16. The summed E-state index contributed by atoms with van der Waals surface area (Å²) in [4.78, 5) is 25.6. The number of carbonyl (C=O) groups excluding carboxylic acids is 2. The topological polar surface area (TPSA) is 77.1 Å². The zero-order chi connectivity index (χ0) is 25.5. The van der Waals surface area contributed by atoms with E-state index in [1.165, 1.54) is 30.7 Å². The van der Waals surface area contributed by atoms with Crippen molar-refractivity contribution in [3.63, 3.8) is 0 Å². The number of carbonyl (C=O) groups is 2. The van der Waals surface area contributed by atoms with E-state index in [4.69, 9.17) is 9.47 Å². The number of rotatable bonds is 9. The first kappa shape index (κ1) is 25.9. The molecule has 7 nitrogen and oxygen atoms in total. The summed E-state index contributed by atoms with van der Waals surface area (Å²) < 4.78 is 16.4. The summed E-state index contributed by atoms with van der Waals surface area (Å²) in [6, 6.07) is 16.3. The number of methoxy groups -OCH3 is 3. The predicted molar refractivity (Wildman–Crippen MR) is 139 cm³/mol. The van der Waals surface area contributed by atoms with E-state index < -0.39 is 5.97 Å². The van der Waals surface area contributed by atoms with Crippen molar-refractivity contribution in [1.29, 1.82) is 0 Å². The van der Waals surface area contributed by atoms with E-state index in [9.17, 15) is 9.59 Å². The van der Waals surface area contributed by atoms with Crippen LogP contribution in [0.5, 0.6) is 5.75 Å². The van der Waals surface area contributed by atoms with Gasteiger partial charge in [-0.15, -0.1) is 0 Å². The molecule has 1 aliphatic carbocycles. The van der Waals surface area contributed by atoms with Gasteiger partial charge in [0, 0.05) is 56.4 Å². The van der Waals surface area contributed by atoms with Gasteiger partial charge in [-0.3, -0.25) is 4.79 Å². The van der Waals surface area contributed by atoms with Gasteiger partial charge >= 0.3 is 5.97 Å². The highest BCUT2D eigenvalue weighted by molar-refractivity contribution is 6.02. The highest BCUT2D eigenvalue weighted by Crippen LogP contribution is 2.51. The maximum atomic E-state index is 11.9. The predicted octanol–water partition coefficient (Wildman–Crippen LogP) is 4.18. The molecule has 192 valence electrons. The van der Waals surface area contributed by atoms with Gasteiger partial charge in [-0.25, -0.2) is 4.79 Å². The Balaban J connectivity index is 1.37. The Kier molecular flexibility index (Phi) is 8.44. The molecule has 1 saturated heterocycles. The molecule has 0 spiro atoms. The van der Waals surface area contributed by atoms with Crippen LogP contribution in [0.2, 0.25) is 0 Å². The smallest absolute Gasteiger partial charge is 0.330 e. The first-order chi connectivity index (χ1) is 17.5. The Bertz CT molecular complexity index is 1070. The second-order valence-corrected chi connectivity index (χ2v) is 9.61. The number of hydrogen-bond acceptors (Lipinski definition) is 6. The number of amides is 1. The van der Waals surface area contributed by atoms with E-state index in [-0.39, 0.29) is 11.5 Å². The molecule has 2 aromatic rings. The van der Waals surface area contributed by atoms with Crippen LogP contribution < -0.4 is 10.1 Å². The molecule has 2 fully saturated rings. The van der Waals surface area contributed by atoms with Crippen molar-refractivity contribution in [3.8, 4) is 5.75 Å². The van der Waals surface area contributed by atoms with Crippen LogP contribution in [0, 0.1) is 11.8 Å². The lowest BCUT2D eigenvalue weighted by Crippen LogP contribution is -2.59. The van der Waals surface area contributed by atoms with Crippen LogP contribution >= 0.6 is 0 Å². The number of nitrogens with zero attached hydrogens (tertiary/aromatic N) is 1. The Morgan fingerprint density at radius 2 is 1.75 bits per heavy atom. The molecule has 1 amide bonds. The number of piperidine rings is 1. The molecule has 0 radical (unpaired) electrons. The molecule has 1 aliphatic heterocycles. The minimum Gasteiger partial charge on any atom is -0.497 e. The van der Waals surface area contributed by atoms with Crippen molar-refractivity contribution >= 4 is 17.6 Å². The van der Waals surface area contributed by atoms with Crippen LogP contribution in [0.15, 0.2) is 60.7 Å². The van der Waals surface area contributed by atoms with E-state index >= 15 is 0 Å². The Labute approximate surface area is 213 Å². The maximum Gasteiger partial charge on any atom is 0.330 e. The maximum absolute atomic E-state index is 11.9. The lowest BCUT2D eigenvalue weighted by Gasteiger charge is -2.55. The number of esters is 1. The molecule has 1 N–H and O–H groups in total. The van der Waals surface area contributed by atoms with Crippen LogP contribution in [0.3, 0.4) is 0 Å². The van der Waals surface area contributed by atoms with Gasteiger partial charge in [0.15, 0.2) is 0 Å². The van der Waals surface area contributed by atoms with Crippen LogP contribution in [-0.4, -0.2) is 57.7 Å². The van der Waals surface area contributed by atoms with Crippen LogP contribution in [0.25, 0.3) is 0 Å². The number of anilines is 1. The normalized spacial score (nSPS) is 23.9. The summed E-state index contributed by atoms with van der Waals surface area (Å²) in [5.41, 5.74) is 2.89. The van der Waals surface area contributed by atoms with Crippen molar-refractivity contribution in [2.24, 2.45) is 11.8 Å². The molecule has 1 heterocycles. The molecular weight excluding hydrogens is 456 g/mol. The molecule has 2 bridgehead atoms. The second kappa shape index (κ2) is 11.7. The zero-order valence-electron chi connectivity index (χ0n) is 21.4. The SMILES string of the molecule is COC(=O)C=CC(=O)Nc1ccc(CCN2CC3CCCC(C2)C3(OC)c2cccc(OC)c2)cc1. The van der Waals surface area contributed by atoms with Crippen molar-refractivity contribution in [2.45, 2.75) is 31.3 Å². The molecule has 2 unspecified atom stereocenters. The van der Waals surface area contributed by atoms with Gasteiger partial charge in [0.25, 0.3) is 0 Å². The summed E-state index contributed by atoms with van der Waals surface area (Å²) in [5, 5.41) is 2.75. The molecule has 7 heteroatoms. The summed E-state index contributed by atoms with van der Waals surface area (Å²) in [6.07, 6.45) is 6.78. The number of benzene rings is 2. The third-order valence-electron chi connectivity index (χ3n) is 7.64. The molecule has 4 rings (SSSR count). The van der Waals surface area contributed by atoms with E-state index in [1.54, 1.807) is 7.11 Å². The summed E-state index contributed by atoms with van der Waals surface area (Å²) in [7, 11) is 4.85. The first-order valence-corrected chi connectivity index (χ1v) is 12.6. The molecule has 0 aromatic heterocycles. The molecule has 1 saturated carbocycles.